The molecule has 0 aromatic carbocycles. The van der Waals surface area contributed by atoms with Crippen molar-refractivity contribution in [2.75, 3.05) is 20.6 Å². The minimum absolute atomic E-state index is 0.257. The fraction of sp³-hybridized carbons (Fsp3) is 0.714. The molecule has 0 spiro atoms. The Bertz CT molecular complexity index is 471. The lowest BCUT2D eigenvalue weighted by Gasteiger charge is -2.16. The second-order valence-corrected chi connectivity index (χ2v) is 12.3. The Hall–Kier alpha value is -1.15. The lowest BCUT2D eigenvalue weighted by atomic mass is 9.89. The fourth-order valence-electron chi connectivity index (χ4n) is 0.617. The SMILES string of the molecule is C=C(C)C(C)(C)C.C=C(F)C(C)(C)C.C=CC(C)(C)C.CN(C)C/C=C/C(C)(C)C. The minimum atomic E-state index is -0.361. The third-order valence-corrected chi connectivity index (χ3v) is 3.79. The van der Waals surface area contributed by atoms with Gasteiger partial charge < -0.3 is 4.90 Å². The van der Waals surface area contributed by atoms with Gasteiger partial charge in [-0.3, -0.25) is 0 Å². The van der Waals surface area contributed by atoms with Crippen molar-refractivity contribution in [1.82, 2.24) is 4.90 Å². The molecule has 180 valence electrons. The standard InChI is InChI=1S/C9H19N.C7H14.C6H11F.C6H12/c1-9(2,3)7-6-8-10(4)5;1-6(2)7(3,4)5;1-5(7)6(2,3)4;1-5-6(2,3)4/h6-7H,8H2,1-5H3;1H2,2-5H3;1H2,2-4H3;5H,1H2,2-4H3/b7-6+;;;. The minimum Gasteiger partial charge on any atom is -0.306 e. The van der Waals surface area contributed by atoms with Crippen LogP contribution in [0.1, 0.15) is 90.0 Å². The van der Waals surface area contributed by atoms with Gasteiger partial charge in [-0.15, -0.1) is 6.58 Å². The highest BCUT2D eigenvalue weighted by Gasteiger charge is 2.13. The summed E-state index contributed by atoms with van der Waals surface area (Å²) in [5, 5.41) is 0. The molecule has 0 atom stereocenters. The summed E-state index contributed by atoms with van der Waals surface area (Å²) in [5.41, 5.74) is 1.82. The summed E-state index contributed by atoms with van der Waals surface area (Å²) in [6, 6.07) is 0. The fourth-order valence-corrected chi connectivity index (χ4v) is 0.617. The van der Waals surface area contributed by atoms with Gasteiger partial charge >= 0.3 is 0 Å². The molecule has 0 aromatic rings. The molecule has 0 aliphatic rings. The molecule has 0 heterocycles. The van der Waals surface area contributed by atoms with Crippen molar-refractivity contribution in [2.45, 2.75) is 90.0 Å². The van der Waals surface area contributed by atoms with Crippen molar-refractivity contribution in [3.8, 4) is 0 Å². The van der Waals surface area contributed by atoms with Crippen LogP contribution in [0.3, 0.4) is 0 Å². The Kier molecular flexibility index (Phi) is 18.9. The van der Waals surface area contributed by atoms with Crippen molar-refractivity contribution in [2.24, 2.45) is 21.7 Å². The molecule has 0 N–H and O–H groups in total. The number of rotatable bonds is 2. The molecule has 0 aliphatic heterocycles. The number of halogens is 1. The number of nitrogens with zero attached hydrogens (tertiary/aromatic N) is 1. The number of likely N-dealkylation sites (N-methyl/N-ethyl adjacent to an activating group) is 1. The first-order chi connectivity index (χ1) is 12.9. The van der Waals surface area contributed by atoms with Crippen LogP contribution in [0.25, 0.3) is 0 Å². The van der Waals surface area contributed by atoms with E-state index in [4.69, 9.17) is 0 Å². The van der Waals surface area contributed by atoms with Crippen molar-refractivity contribution < 1.29 is 4.39 Å². The third kappa shape index (κ3) is 41.3. The zero-order valence-electron chi connectivity index (χ0n) is 23.4. The second kappa shape index (κ2) is 15.6. The van der Waals surface area contributed by atoms with Gasteiger partial charge in [0.25, 0.3) is 0 Å². The van der Waals surface area contributed by atoms with Crippen LogP contribution in [-0.2, 0) is 0 Å². The van der Waals surface area contributed by atoms with E-state index in [9.17, 15) is 4.39 Å². The molecule has 0 rings (SSSR count). The number of allylic oxidation sites excluding steroid dienone is 4. The molecule has 0 aromatic heterocycles. The summed E-state index contributed by atoms with van der Waals surface area (Å²) in [6.07, 6.45) is 6.39. The monoisotopic (exact) mass is 425 g/mol. The summed E-state index contributed by atoms with van der Waals surface area (Å²) in [4.78, 5) is 2.15. The van der Waals surface area contributed by atoms with Crippen LogP contribution in [0.15, 0.2) is 49.4 Å². The van der Waals surface area contributed by atoms with Crippen molar-refractivity contribution >= 4 is 0 Å². The van der Waals surface area contributed by atoms with Crippen LogP contribution < -0.4 is 0 Å². The predicted molar refractivity (Wildman–Crippen MR) is 141 cm³/mol. The van der Waals surface area contributed by atoms with Gasteiger partial charge in [0.15, 0.2) is 0 Å². The van der Waals surface area contributed by atoms with Gasteiger partial charge in [0, 0.05) is 12.0 Å². The van der Waals surface area contributed by atoms with Gasteiger partial charge in [-0.1, -0.05) is 120 Å². The third-order valence-electron chi connectivity index (χ3n) is 3.79. The van der Waals surface area contributed by atoms with E-state index >= 15 is 0 Å². The van der Waals surface area contributed by atoms with Crippen LogP contribution in [0, 0.1) is 21.7 Å². The van der Waals surface area contributed by atoms with E-state index in [0.717, 1.165) is 6.54 Å². The molecule has 0 radical (unpaired) electrons. The Morgan fingerprint density at radius 2 is 1.03 bits per heavy atom. The molecule has 0 unspecified atom stereocenters. The molecule has 0 bridgehead atoms. The molecular formula is C28H56FN. The molecule has 0 aliphatic carbocycles. The first kappa shape index (κ1) is 36.2. The highest BCUT2D eigenvalue weighted by atomic mass is 19.1. The van der Waals surface area contributed by atoms with Gasteiger partial charge in [0.2, 0.25) is 0 Å². The van der Waals surface area contributed by atoms with Crippen LogP contribution in [0.5, 0.6) is 0 Å². The topological polar surface area (TPSA) is 3.24 Å². The van der Waals surface area contributed by atoms with Gasteiger partial charge in [0.1, 0.15) is 0 Å². The number of hydrogen-bond donors (Lipinski definition) is 0. The molecule has 0 amide bonds. The van der Waals surface area contributed by atoms with Gasteiger partial charge in [-0.05, 0) is 37.3 Å². The summed E-state index contributed by atoms with van der Waals surface area (Å²) < 4.78 is 12.0. The van der Waals surface area contributed by atoms with Crippen LogP contribution in [-0.4, -0.2) is 25.5 Å². The van der Waals surface area contributed by atoms with Gasteiger partial charge in [-0.25, -0.2) is 4.39 Å². The van der Waals surface area contributed by atoms with E-state index < -0.39 is 0 Å². The second-order valence-electron chi connectivity index (χ2n) is 12.3. The Balaban J connectivity index is -0.000000153. The van der Waals surface area contributed by atoms with Crippen LogP contribution in [0.2, 0.25) is 0 Å². The van der Waals surface area contributed by atoms with E-state index in [2.05, 4.69) is 120 Å². The maximum atomic E-state index is 12.0. The van der Waals surface area contributed by atoms with Gasteiger partial charge in [-0.2, -0.15) is 0 Å². The smallest absolute Gasteiger partial charge is 0.0981 e. The maximum Gasteiger partial charge on any atom is 0.0981 e. The van der Waals surface area contributed by atoms with E-state index in [1.165, 1.54) is 5.57 Å². The highest BCUT2D eigenvalue weighted by molar-refractivity contribution is 5.00. The van der Waals surface area contributed by atoms with E-state index in [-0.39, 0.29) is 11.2 Å². The largest absolute Gasteiger partial charge is 0.306 e. The molecule has 30 heavy (non-hydrogen) atoms. The quantitative estimate of drug-likeness (QED) is 0.398. The van der Waals surface area contributed by atoms with E-state index in [1.807, 2.05) is 6.08 Å². The average Bonchev–Trinajstić information content (AvgIpc) is 2.44. The lowest BCUT2D eigenvalue weighted by molar-refractivity contribution is 0.386. The first-order valence-electron chi connectivity index (χ1n) is 10.8. The van der Waals surface area contributed by atoms with Crippen molar-refractivity contribution in [3.05, 3.63) is 49.4 Å². The van der Waals surface area contributed by atoms with E-state index in [0.29, 0.717) is 16.2 Å². The lowest BCUT2D eigenvalue weighted by Crippen LogP contribution is -2.11. The zero-order valence-corrected chi connectivity index (χ0v) is 23.4. The molecule has 0 saturated carbocycles. The van der Waals surface area contributed by atoms with Crippen molar-refractivity contribution in [3.63, 3.8) is 0 Å². The zero-order chi connectivity index (χ0) is 25.6. The average molecular weight is 426 g/mol. The van der Waals surface area contributed by atoms with Gasteiger partial charge in [0.05, 0.1) is 5.83 Å². The highest BCUT2D eigenvalue weighted by Crippen LogP contribution is 2.23. The normalized spacial score (nSPS) is 12.0. The van der Waals surface area contributed by atoms with Crippen LogP contribution in [0.4, 0.5) is 4.39 Å². The summed E-state index contributed by atoms with van der Waals surface area (Å²) in [5.74, 6) is -0.257. The number of hydrogen-bond acceptors (Lipinski definition) is 1. The molecule has 0 saturated heterocycles. The Labute approximate surface area is 191 Å². The molecule has 2 heteroatoms. The van der Waals surface area contributed by atoms with Crippen LogP contribution >= 0.6 is 0 Å². The molecule has 1 nitrogen and oxygen atoms in total. The Morgan fingerprint density at radius 1 is 0.767 bits per heavy atom. The predicted octanol–water partition coefficient (Wildman–Crippen LogP) is 9.49. The summed E-state index contributed by atoms with van der Waals surface area (Å²) in [6.45, 7) is 38.6. The maximum absolute atomic E-state index is 12.0. The molecular weight excluding hydrogens is 369 g/mol. The summed E-state index contributed by atoms with van der Waals surface area (Å²) in [7, 11) is 4.15. The summed E-state index contributed by atoms with van der Waals surface area (Å²) >= 11 is 0. The van der Waals surface area contributed by atoms with Crippen molar-refractivity contribution in [1.29, 1.82) is 0 Å². The molecule has 0 fully saturated rings. The van der Waals surface area contributed by atoms with E-state index in [1.54, 1.807) is 20.8 Å². The first-order valence-corrected chi connectivity index (χ1v) is 10.8. The Morgan fingerprint density at radius 3 is 1.13 bits per heavy atom.